The van der Waals surface area contributed by atoms with Crippen molar-refractivity contribution in [3.63, 3.8) is 0 Å². The zero-order valence-electron chi connectivity index (χ0n) is 12.0. The van der Waals surface area contributed by atoms with E-state index in [4.69, 9.17) is 9.15 Å². The normalized spacial score (nSPS) is 23.8. The highest BCUT2D eigenvalue weighted by molar-refractivity contribution is 5.93. The molecule has 0 unspecified atom stereocenters. The number of hydrogen-bond donors (Lipinski definition) is 0. The largest absolute Gasteiger partial charge is 0.472 e. The Bertz CT molecular complexity index is 442. The molecule has 1 aromatic rings. The first kappa shape index (κ1) is 13.6. The van der Waals surface area contributed by atoms with Crippen molar-refractivity contribution in [2.24, 2.45) is 5.92 Å². The van der Waals surface area contributed by atoms with Crippen LogP contribution < -0.4 is 0 Å². The van der Waals surface area contributed by atoms with Gasteiger partial charge in [0.2, 0.25) is 0 Å². The second-order valence-electron chi connectivity index (χ2n) is 5.92. The van der Waals surface area contributed by atoms with Gasteiger partial charge in [0.25, 0.3) is 5.91 Å². The van der Waals surface area contributed by atoms with Gasteiger partial charge < -0.3 is 19.0 Å². The first-order valence-corrected chi connectivity index (χ1v) is 7.34. The fourth-order valence-electron chi connectivity index (χ4n) is 2.64. The molecule has 2 fully saturated rings. The zero-order valence-corrected chi connectivity index (χ0v) is 12.0. The Morgan fingerprint density at radius 3 is 2.95 bits per heavy atom. The van der Waals surface area contributed by atoms with Gasteiger partial charge in [-0.25, -0.2) is 0 Å². The summed E-state index contributed by atoms with van der Waals surface area (Å²) < 4.78 is 10.8. The van der Waals surface area contributed by atoms with Crippen LogP contribution in [0.2, 0.25) is 0 Å². The summed E-state index contributed by atoms with van der Waals surface area (Å²) in [5.41, 5.74) is 0.634. The Labute approximate surface area is 119 Å². The van der Waals surface area contributed by atoms with Gasteiger partial charge in [-0.3, -0.25) is 4.79 Å². The van der Waals surface area contributed by atoms with Gasteiger partial charge in [0.15, 0.2) is 0 Å². The van der Waals surface area contributed by atoms with Crippen LogP contribution >= 0.6 is 0 Å². The molecule has 0 bridgehead atoms. The molecule has 1 saturated heterocycles. The van der Waals surface area contributed by atoms with Crippen LogP contribution in [-0.2, 0) is 4.74 Å². The SMILES string of the molecule is CN1CCO[C@H](CN(CC2CC2)C(=O)c2ccoc2)C1. The molecule has 1 aliphatic heterocycles. The summed E-state index contributed by atoms with van der Waals surface area (Å²) in [4.78, 5) is 16.7. The molecule has 1 aromatic heterocycles. The molecule has 1 atom stereocenters. The minimum absolute atomic E-state index is 0.0578. The van der Waals surface area contributed by atoms with Crippen LogP contribution in [0.1, 0.15) is 23.2 Å². The third kappa shape index (κ3) is 3.41. The van der Waals surface area contributed by atoms with Crippen molar-refractivity contribution in [1.82, 2.24) is 9.80 Å². The summed E-state index contributed by atoms with van der Waals surface area (Å²) in [5.74, 6) is 0.731. The molecule has 0 radical (unpaired) electrons. The molecule has 110 valence electrons. The molecule has 5 nitrogen and oxygen atoms in total. The number of amides is 1. The smallest absolute Gasteiger partial charge is 0.257 e. The fraction of sp³-hybridized carbons (Fsp3) is 0.667. The number of likely N-dealkylation sites (N-methyl/N-ethyl adjacent to an activating group) is 1. The molecular formula is C15H22N2O3. The third-order valence-corrected chi connectivity index (χ3v) is 4.00. The molecule has 0 aromatic carbocycles. The third-order valence-electron chi connectivity index (χ3n) is 4.00. The highest BCUT2D eigenvalue weighted by Gasteiger charge is 2.30. The van der Waals surface area contributed by atoms with Crippen LogP contribution in [0.3, 0.4) is 0 Å². The highest BCUT2D eigenvalue weighted by Crippen LogP contribution is 2.30. The Kier molecular flexibility index (Phi) is 4.08. The molecule has 3 rings (SSSR count). The maximum absolute atomic E-state index is 12.5. The number of furan rings is 1. The number of hydrogen-bond acceptors (Lipinski definition) is 4. The summed E-state index contributed by atoms with van der Waals surface area (Å²) in [6.07, 6.45) is 5.66. The monoisotopic (exact) mass is 278 g/mol. The zero-order chi connectivity index (χ0) is 13.9. The Morgan fingerprint density at radius 2 is 2.30 bits per heavy atom. The number of morpholine rings is 1. The van der Waals surface area contributed by atoms with Gasteiger partial charge in [0.1, 0.15) is 6.26 Å². The lowest BCUT2D eigenvalue weighted by atomic mass is 10.2. The lowest BCUT2D eigenvalue weighted by molar-refractivity contribution is -0.0331. The molecule has 5 heteroatoms. The van der Waals surface area contributed by atoms with Crippen LogP contribution in [-0.4, -0.2) is 61.6 Å². The van der Waals surface area contributed by atoms with Gasteiger partial charge in [0.05, 0.1) is 24.5 Å². The van der Waals surface area contributed by atoms with Gasteiger partial charge in [-0.2, -0.15) is 0 Å². The van der Waals surface area contributed by atoms with Crippen molar-refractivity contribution in [3.05, 3.63) is 24.2 Å². The van der Waals surface area contributed by atoms with Crippen molar-refractivity contribution in [3.8, 4) is 0 Å². The van der Waals surface area contributed by atoms with E-state index in [1.807, 2.05) is 4.90 Å². The summed E-state index contributed by atoms with van der Waals surface area (Å²) in [5, 5.41) is 0. The van der Waals surface area contributed by atoms with Crippen LogP contribution in [0, 0.1) is 5.92 Å². The van der Waals surface area contributed by atoms with Crippen molar-refractivity contribution < 1.29 is 13.9 Å². The average Bonchev–Trinajstić information content (AvgIpc) is 3.08. The van der Waals surface area contributed by atoms with E-state index >= 15 is 0 Å². The lowest BCUT2D eigenvalue weighted by Crippen LogP contribution is -2.48. The van der Waals surface area contributed by atoms with Crippen LogP contribution in [0.5, 0.6) is 0 Å². The predicted octanol–water partition coefficient (Wildman–Crippen LogP) is 1.46. The standard InChI is InChI=1S/C15H22N2O3/c1-16-5-7-20-14(9-16)10-17(8-12-2-3-12)15(18)13-4-6-19-11-13/h4,6,11-12,14H,2-3,5,7-10H2,1H3/t14-/m0/s1. The molecule has 1 saturated carbocycles. The van der Waals surface area contributed by atoms with E-state index in [0.717, 1.165) is 26.2 Å². The number of nitrogens with zero attached hydrogens (tertiary/aromatic N) is 2. The minimum Gasteiger partial charge on any atom is -0.472 e. The quantitative estimate of drug-likeness (QED) is 0.818. The molecule has 20 heavy (non-hydrogen) atoms. The lowest BCUT2D eigenvalue weighted by Gasteiger charge is -2.34. The van der Waals surface area contributed by atoms with Crippen molar-refractivity contribution >= 4 is 5.91 Å². The van der Waals surface area contributed by atoms with Crippen molar-refractivity contribution in [2.45, 2.75) is 18.9 Å². The van der Waals surface area contributed by atoms with Crippen LogP contribution in [0.25, 0.3) is 0 Å². The molecule has 2 aliphatic rings. The van der Waals surface area contributed by atoms with E-state index in [0.29, 0.717) is 18.0 Å². The average molecular weight is 278 g/mol. The topological polar surface area (TPSA) is 45.9 Å². The summed E-state index contributed by atoms with van der Waals surface area (Å²) in [6.45, 7) is 4.12. The predicted molar refractivity (Wildman–Crippen MR) is 74.6 cm³/mol. The Hall–Kier alpha value is -1.33. The number of carbonyl (C=O) groups excluding carboxylic acids is 1. The molecule has 2 heterocycles. The van der Waals surface area contributed by atoms with E-state index in [1.54, 1.807) is 12.3 Å². The first-order chi connectivity index (χ1) is 9.72. The number of carbonyl (C=O) groups is 1. The number of ether oxygens (including phenoxy) is 1. The number of rotatable bonds is 5. The maximum atomic E-state index is 12.5. The first-order valence-electron chi connectivity index (χ1n) is 7.34. The van der Waals surface area contributed by atoms with Gasteiger partial charge in [-0.15, -0.1) is 0 Å². The summed E-state index contributed by atoms with van der Waals surface area (Å²) in [6, 6.07) is 1.73. The van der Waals surface area contributed by atoms with E-state index in [2.05, 4.69) is 11.9 Å². The minimum atomic E-state index is 0.0578. The second-order valence-corrected chi connectivity index (χ2v) is 5.92. The van der Waals surface area contributed by atoms with E-state index in [-0.39, 0.29) is 12.0 Å². The maximum Gasteiger partial charge on any atom is 0.257 e. The van der Waals surface area contributed by atoms with E-state index in [1.165, 1.54) is 19.1 Å². The van der Waals surface area contributed by atoms with Crippen LogP contribution in [0.15, 0.2) is 23.0 Å². The van der Waals surface area contributed by atoms with Gasteiger partial charge in [0, 0.05) is 26.2 Å². The van der Waals surface area contributed by atoms with Crippen molar-refractivity contribution in [2.75, 3.05) is 39.8 Å². The molecular weight excluding hydrogens is 256 g/mol. The summed E-state index contributed by atoms with van der Waals surface area (Å²) >= 11 is 0. The Morgan fingerprint density at radius 1 is 1.45 bits per heavy atom. The van der Waals surface area contributed by atoms with Crippen molar-refractivity contribution in [1.29, 1.82) is 0 Å². The van der Waals surface area contributed by atoms with Gasteiger partial charge >= 0.3 is 0 Å². The second kappa shape index (κ2) is 5.97. The Balaban J connectivity index is 1.64. The molecule has 1 aliphatic carbocycles. The highest BCUT2D eigenvalue weighted by atomic mass is 16.5. The van der Waals surface area contributed by atoms with Gasteiger partial charge in [-0.05, 0) is 31.9 Å². The van der Waals surface area contributed by atoms with Gasteiger partial charge in [-0.1, -0.05) is 0 Å². The molecule has 0 N–H and O–H groups in total. The van der Waals surface area contributed by atoms with Crippen LogP contribution in [0.4, 0.5) is 0 Å². The molecule has 1 amide bonds. The summed E-state index contributed by atoms with van der Waals surface area (Å²) in [7, 11) is 2.10. The van der Waals surface area contributed by atoms with E-state index in [9.17, 15) is 4.79 Å². The van der Waals surface area contributed by atoms with E-state index < -0.39 is 0 Å². The molecule has 0 spiro atoms. The fourth-order valence-corrected chi connectivity index (χ4v) is 2.64.